The molecule has 0 rings (SSSR count). The van der Waals surface area contributed by atoms with Crippen LogP contribution in [0.1, 0.15) is 0 Å². The predicted octanol–water partition coefficient (Wildman–Crippen LogP) is -1.38. The summed E-state index contributed by atoms with van der Waals surface area (Å²) in [6, 6.07) is 0. The van der Waals surface area contributed by atoms with Crippen LogP contribution in [0.25, 0.3) is 0 Å². The Morgan fingerprint density at radius 2 is 1.20 bits per heavy atom. The van der Waals surface area contributed by atoms with Crippen LogP contribution in [0.15, 0.2) is 0 Å². The Bertz CT molecular complexity index is 28.6. The van der Waals surface area contributed by atoms with E-state index in [-0.39, 0.29) is 29.8 Å². The van der Waals surface area contributed by atoms with Crippen LogP contribution in [0.5, 0.6) is 0 Å². The molecule has 0 aromatic carbocycles. The Balaban J connectivity index is -0.0000000200. The van der Waals surface area contributed by atoms with Gasteiger partial charge in [0, 0.05) is 29.8 Å². The van der Waals surface area contributed by atoms with Crippen molar-refractivity contribution in [1.29, 1.82) is 0 Å². The molecule has 0 saturated carbocycles. The second-order valence-electron chi connectivity index (χ2n) is 0.0833. The zero-order chi connectivity index (χ0) is 2.71. The summed E-state index contributed by atoms with van der Waals surface area (Å²) in [5.41, 5.74) is 0. The van der Waals surface area contributed by atoms with E-state index in [2.05, 4.69) is 0 Å². The van der Waals surface area contributed by atoms with E-state index in [1.54, 1.807) is 0 Å². The Morgan fingerprint density at radius 3 is 1.20 bits per heavy atom. The van der Waals surface area contributed by atoms with Crippen LogP contribution in [-0.4, -0.2) is 39.1 Å². The van der Waals surface area contributed by atoms with Gasteiger partial charge in [-0.05, 0) is 0 Å². The second kappa shape index (κ2) is 23.0. The zero-order valence-corrected chi connectivity index (χ0v) is 4.82. The molecule has 0 N–H and O–H groups in total. The molecule has 0 bridgehead atoms. The molecule has 0 spiro atoms. The van der Waals surface area contributed by atoms with Crippen molar-refractivity contribution in [2.45, 2.75) is 0 Å². The molecule has 0 aromatic rings. The van der Waals surface area contributed by atoms with Crippen molar-refractivity contribution in [3.63, 3.8) is 0 Å². The van der Waals surface area contributed by atoms with Crippen molar-refractivity contribution in [3.8, 4) is 0 Å². The summed E-state index contributed by atoms with van der Waals surface area (Å²) in [6.07, 6.45) is 0. The minimum Gasteiger partial charge on any atom is -0.274 e. The van der Waals surface area contributed by atoms with Gasteiger partial charge in [-0.25, -0.2) is 0 Å². The van der Waals surface area contributed by atoms with Gasteiger partial charge in [-0.3, -0.25) is 8.92 Å². The Kier molecular flexibility index (Phi) is 80.1. The third-order valence-corrected chi connectivity index (χ3v) is 0. The number of hydrogen-bond donors (Lipinski definition) is 0. The average molecular weight is 95.1 g/mol. The van der Waals surface area contributed by atoms with E-state index in [9.17, 15) is 0 Å². The molecule has 0 unspecified atom stereocenters. The third kappa shape index (κ3) is 80.5. The molecule has 5 heteroatoms. The molecular formula is LiO2Si2. The van der Waals surface area contributed by atoms with Crippen LogP contribution in [0, 0.1) is 0 Å². The fourth-order valence-corrected chi connectivity index (χ4v) is 0. The second-order valence-corrected chi connectivity index (χ2v) is 0.250. The van der Waals surface area contributed by atoms with Gasteiger partial charge >= 0.3 is 9.29 Å². The number of rotatable bonds is 0. The van der Waals surface area contributed by atoms with E-state index in [1.165, 1.54) is 0 Å². The standard InChI is InChI=1S/Li.O2Si.Si/c;1-3-2;. The van der Waals surface area contributed by atoms with Gasteiger partial charge in [-0.2, -0.15) is 0 Å². The van der Waals surface area contributed by atoms with Crippen molar-refractivity contribution >= 4 is 39.1 Å². The summed E-state index contributed by atoms with van der Waals surface area (Å²) in [5.74, 6) is 0. The first-order chi connectivity index (χ1) is 1.41. The summed E-state index contributed by atoms with van der Waals surface area (Å²) >= 11 is 0. The average Bonchev–Trinajstić information content (AvgIpc) is 0.918. The topological polar surface area (TPSA) is 34.1 Å². The Labute approximate surface area is 48.5 Å². The molecule has 2 nitrogen and oxygen atoms in total. The molecule has 0 fully saturated rings. The maximum atomic E-state index is 8.40. The SMILES string of the molecule is O=[Si]=O.[Li].[Si]. The first-order valence-electron chi connectivity index (χ1n) is 0.408. The van der Waals surface area contributed by atoms with E-state index in [0.717, 1.165) is 0 Å². The van der Waals surface area contributed by atoms with Crippen molar-refractivity contribution in [3.05, 3.63) is 0 Å². The van der Waals surface area contributed by atoms with Gasteiger partial charge in [0.15, 0.2) is 0 Å². The monoisotopic (exact) mass is 95.0 g/mol. The predicted molar refractivity (Wildman–Crippen MR) is 18.6 cm³/mol. The normalized spacial score (nSPS) is 1.60. The van der Waals surface area contributed by atoms with Crippen LogP contribution in [-0.2, 0) is 8.92 Å². The summed E-state index contributed by atoms with van der Waals surface area (Å²) < 4.78 is 16.8. The zero-order valence-electron chi connectivity index (χ0n) is 2.82. The molecule has 0 aliphatic heterocycles. The fourth-order valence-electron chi connectivity index (χ4n) is 0. The van der Waals surface area contributed by atoms with E-state index in [0.29, 0.717) is 0 Å². The van der Waals surface area contributed by atoms with Gasteiger partial charge in [0.25, 0.3) is 0 Å². The van der Waals surface area contributed by atoms with Crippen LogP contribution in [0.3, 0.4) is 0 Å². The fraction of sp³-hybridized carbons (Fsp3) is 0. The van der Waals surface area contributed by atoms with Crippen LogP contribution < -0.4 is 0 Å². The van der Waals surface area contributed by atoms with Gasteiger partial charge in [0.1, 0.15) is 0 Å². The van der Waals surface area contributed by atoms with E-state index >= 15 is 0 Å². The third-order valence-electron chi connectivity index (χ3n) is 0. The molecule has 5 heavy (non-hydrogen) atoms. The molecule has 0 saturated heterocycles. The molecule has 0 heterocycles. The Morgan fingerprint density at radius 1 is 1.20 bits per heavy atom. The van der Waals surface area contributed by atoms with E-state index < -0.39 is 9.29 Å². The summed E-state index contributed by atoms with van der Waals surface area (Å²) in [7, 11) is -1.42. The van der Waals surface area contributed by atoms with Gasteiger partial charge in [-0.15, -0.1) is 0 Å². The van der Waals surface area contributed by atoms with Gasteiger partial charge in [-0.1, -0.05) is 0 Å². The van der Waals surface area contributed by atoms with Gasteiger partial charge < -0.3 is 0 Å². The quantitative estimate of drug-likeness (QED) is 0.347. The van der Waals surface area contributed by atoms with Crippen molar-refractivity contribution in [2.75, 3.05) is 0 Å². The van der Waals surface area contributed by atoms with Gasteiger partial charge in [0.05, 0.1) is 0 Å². The molecule has 0 atom stereocenters. The first-order valence-corrected chi connectivity index (χ1v) is 1.22. The van der Waals surface area contributed by atoms with Crippen molar-refractivity contribution in [2.24, 2.45) is 0 Å². The van der Waals surface area contributed by atoms with Crippen LogP contribution in [0.4, 0.5) is 0 Å². The van der Waals surface area contributed by atoms with Gasteiger partial charge in [0.2, 0.25) is 0 Å². The van der Waals surface area contributed by atoms with E-state index in [4.69, 9.17) is 8.92 Å². The summed E-state index contributed by atoms with van der Waals surface area (Å²) in [6.45, 7) is 0. The summed E-state index contributed by atoms with van der Waals surface area (Å²) in [5, 5.41) is 0. The molecule has 5 radical (unpaired) electrons. The maximum absolute atomic E-state index is 8.40. The molecule has 0 amide bonds. The first kappa shape index (κ1) is 17.4. The van der Waals surface area contributed by atoms with Crippen LogP contribution in [0.2, 0.25) is 0 Å². The molecular weight excluding hydrogens is 95.1 g/mol. The Hall–Kier alpha value is 0.631. The smallest absolute Gasteiger partial charge is 0.274 e. The molecule has 21 valence electrons. The maximum Gasteiger partial charge on any atom is 0.549 e. The minimum absolute atomic E-state index is 0. The van der Waals surface area contributed by atoms with Crippen molar-refractivity contribution in [1.82, 2.24) is 0 Å². The largest absolute Gasteiger partial charge is 0.549 e. The molecule has 0 aliphatic carbocycles. The molecule has 0 aliphatic rings. The minimum atomic E-state index is -1.42. The van der Waals surface area contributed by atoms with Crippen LogP contribution >= 0.6 is 0 Å². The van der Waals surface area contributed by atoms with E-state index in [1.807, 2.05) is 0 Å². The van der Waals surface area contributed by atoms with Crippen molar-refractivity contribution < 1.29 is 8.92 Å². The number of hydrogen-bond acceptors (Lipinski definition) is 2. The molecule has 0 aromatic heterocycles. The summed E-state index contributed by atoms with van der Waals surface area (Å²) in [4.78, 5) is 0.